The minimum Gasteiger partial charge on any atom is -0.217 e. The van der Waals surface area contributed by atoms with Gasteiger partial charge in [0.1, 0.15) is 8.42 Å². The van der Waals surface area contributed by atoms with Gasteiger partial charge in [0.25, 0.3) is 0 Å². The molecule has 0 aliphatic rings. The van der Waals surface area contributed by atoms with Crippen molar-refractivity contribution in [3.8, 4) is 0 Å². The molecule has 0 bridgehead atoms. The Morgan fingerprint density at radius 3 is 1.43 bits per heavy atom. The Morgan fingerprint density at radius 2 is 0.952 bits per heavy atom. The van der Waals surface area contributed by atoms with Crippen LogP contribution in [-0.2, 0) is 9.84 Å². The van der Waals surface area contributed by atoms with Gasteiger partial charge in [0.15, 0.2) is 0 Å². The number of hydrogen-bond acceptors (Lipinski definition) is 4. The van der Waals surface area contributed by atoms with Crippen molar-refractivity contribution in [3.63, 3.8) is 0 Å². The van der Waals surface area contributed by atoms with E-state index < -0.39 is 9.84 Å². The molecule has 5 heteroatoms. The van der Waals surface area contributed by atoms with Gasteiger partial charge in [0, 0.05) is 0 Å². The van der Waals surface area contributed by atoms with Crippen molar-refractivity contribution in [2.24, 2.45) is 0 Å². The lowest BCUT2D eigenvalue weighted by Gasteiger charge is -1.99. The van der Waals surface area contributed by atoms with Crippen molar-refractivity contribution in [2.75, 3.05) is 0 Å². The van der Waals surface area contributed by atoms with Crippen molar-refractivity contribution < 1.29 is 8.42 Å². The van der Waals surface area contributed by atoms with Crippen molar-refractivity contribution in [2.45, 2.75) is 8.42 Å². The summed E-state index contributed by atoms with van der Waals surface area (Å²) in [7, 11) is -3.51. The summed E-state index contributed by atoms with van der Waals surface area (Å²) in [6, 6.07) is 21.4. The summed E-state index contributed by atoms with van der Waals surface area (Å²) in [4.78, 5) is 0. The van der Waals surface area contributed by atoms with Gasteiger partial charge in [0.2, 0.25) is 9.84 Å². The lowest BCUT2D eigenvalue weighted by atomic mass is 10.5. The molecule has 0 aliphatic carbocycles. The Kier molecular flexibility index (Phi) is 5.92. The molecule has 0 radical (unpaired) electrons. The fourth-order valence-electron chi connectivity index (χ4n) is 1.44. The molecule has 2 aromatic heterocycles. The predicted molar refractivity (Wildman–Crippen MR) is 89.3 cm³/mol. The summed E-state index contributed by atoms with van der Waals surface area (Å²) < 4.78 is 26.1. The molecule has 0 amide bonds. The van der Waals surface area contributed by atoms with E-state index in [0.29, 0.717) is 8.42 Å². The van der Waals surface area contributed by atoms with Gasteiger partial charge in [-0.1, -0.05) is 60.7 Å². The quantitative estimate of drug-likeness (QED) is 0.783. The highest BCUT2D eigenvalue weighted by molar-refractivity contribution is 7.95. The summed E-state index contributed by atoms with van der Waals surface area (Å²) >= 11 is 2.40. The van der Waals surface area contributed by atoms with E-state index in [1.54, 1.807) is 47.2 Å². The zero-order valence-corrected chi connectivity index (χ0v) is 13.6. The van der Waals surface area contributed by atoms with Crippen LogP contribution in [0.25, 0.3) is 0 Å². The third kappa shape index (κ3) is 4.67. The molecule has 2 rings (SSSR count). The third-order valence-corrected chi connectivity index (χ3v) is 6.96. The topological polar surface area (TPSA) is 34.1 Å². The molecule has 0 saturated carbocycles. The van der Waals surface area contributed by atoms with E-state index in [1.165, 1.54) is 22.7 Å². The largest absolute Gasteiger partial charge is 0.225 e. The number of hydrogen-bond donors (Lipinski definition) is 0. The SMILES string of the molecule is O=S(=O)(c1cccccccs1)c1cccccccs1. The molecular formula is C16H14O2S3. The Morgan fingerprint density at radius 1 is 0.571 bits per heavy atom. The standard InChI is InChI=1S/C16H14O2S3/c17-21(18,15-11-7-3-1-5-9-13-19-15)16-12-8-4-2-6-10-14-20-16/h1-14H. The van der Waals surface area contributed by atoms with Crippen LogP contribution in [0.2, 0.25) is 0 Å². The zero-order chi connectivity index (χ0) is 15.0. The molecule has 0 saturated heterocycles. The average Bonchev–Trinajstić information content (AvgIpc) is 2.70. The molecule has 0 aliphatic heterocycles. The fraction of sp³-hybridized carbons (Fsp3) is 0. The molecule has 108 valence electrons. The monoisotopic (exact) mass is 334 g/mol. The summed E-state index contributed by atoms with van der Waals surface area (Å²) in [5.74, 6) is 0. The third-order valence-electron chi connectivity index (χ3n) is 2.41. The lowest BCUT2D eigenvalue weighted by Crippen LogP contribution is -1.97. The van der Waals surface area contributed by atoms with Crippen molar-refractivity contribution >= 4 is 32.5 Å². The van der Waals surface area contributed by atoms with Crippen LogP contribution >= 0.6 is 22.7 Å². The Labute approximate surface area is 132 Å². The van der Waals surface area contributed by atoms with Gasteiger partial charge in [-0.3, -0.25) is 0 Å². The van der Waals surface area contributed by atoms with Crippen LogP contribution in [0.1, 0.15) is 0 Å². The van der Waals surface area contributed by atoms with E-state index in [9.17, 15) is 8.42 Å². The molecule has 0 spiro atoms. The summed E-state index contributed by atoms with van der Waals surface area (Å²) in [5, 5.41) is 3.53. The fourth-order valence-corrected chi connectivity index (χ4v) is 5.12. The van der Waals surface area contributed by atoms with Gasteiger partial charge in [-0.15, -0.1) is 22.7 Å². The summed E-state index contributed by atoms with van der Waals surface area (Å²) in [6.45, 7) is 0. The Hall–Kier alpha value is -1.69. The minimum atomic E-state index is -3.51. The summed E-state index contributed by atoms with van der Waals surface area (Å²) in [5.41, 5.74) is 0. The highest BCUT2D eigenvalue weighted by atomic mass is 32.3. The zero-order valence-electron chi connectivity index (χ0n) is 11.1. The number of rotatable bonds is 2. The molecule has 2 heterocycles. The molecule has 2 aromatic rings. The van der Waals surface area contributed by atoms with Gasteiger partial charge < -0.3 is 0 Å². The Bertz CT molecular complexity index is 677. The molecule has 0 fully saturated rings. The van der Waals surface area contributed by atoms with E-state index >= 15 is 0 Å². The van der Waals surface area contributed by atoms with Gasteiger partial charge in [-0.05, 0) is 22.9 Å². The maximum absolute atomic E-state index is 12.7. The van der Waals surface area contributed by atoms with Crippen LogP contribution < -0.4 is 0 Å². The van der Waals surface area contributed by atoms with E-state index in [0.717, 1.165) is 0 Å². The maximum Gasteiger partial charge on any atom is 0.225 e. The van der Waals surface area contributed by atoms with Gasteiger partial charge in [-0.25, -0.2) is 8.42 Å². The van der Waals surface area contributed by atoms with Gasteiger partial charge in [0.05, 0.1) is 0 Å². The first-order chi connectivity index (χ1) is 10.2. The van der Waals surface area contributed by atoms with E-state index in [4.69, 9.17) is 0 Å². The second-order valence-electron chi connectivity index (χ2n) is 3.91. The molecule has 0 atom stereocenters. The highest BCUT2D eigenvalue weighted by Gasteiger charge is 2.17. The molecule has 2 nitrogen and oxygen atoms in total. The first-order valence-electron chi connectivity index (χ1n) is 6.20. The van der Waals surface area contributed by atoms with Gasteiger partial charge >= 0.3 is 0 Å². The van der Waals surface area contributed by atoms with Crippen LogP contribution in [0.3, 0.4) is 0 Å². The maximum atomic E-state index is 12.7. The van der Waals surface area contributed by atoms with E-state index in [2.05, 4.69) is 0 Å². The smallest absolute Gasteiger partial charge is 0.217 e. The minimum absolute atomic E-state index is 0.312. The van der Waals surface area contributed by atoms with Crippen LogP contribution in [0.5, 0.6) is 0 Å². The average molecular weight is 334 g/mol. The summed E-state index contributed by atoms with van der Waals surface area (Å²) in [6.07, 6.45) is 0. The highest BCUT2D eigenvalue weighted by Crippen LogP contribution is 2.24. The first-order valence-corrected chi connectivity index (χ1v) is 9.44. The molecule has 21 heavy (non-hydrogen) atoms. The van der Waals surface area contributed by atoms with Crippen molar-refractivity contribution in [1.82, 2.24) is 0 Å². The molecule has 0 unspecified atom stereocenters. The van der Waals surface area contributed by atoms with Crippen LogP contribution in [0.15, 0.2) is 92.0 Å². The van der Waals surface area contributed by atoms with Crippen molar-refractivity contribution in [3.05, 3.63) is 83.6 Å². The number of sulfone groups is 1. The molecule has 0 N–H and O–H groups in total. The normalized spacial score (nSPS) is 10.3. The Balaban J connectivity index is 2.64. The van der Waals surface area contributed by atoms with E-state index in [1.807, 2.05) is 36.4 Å². The second-order valence-corrected chi connectivity index (χ2v) is 8.21. The first kappa shape index (κ1) is 15.7. The van der Waals surface area contributed by atoms with Crippen LogP contribution in [0, 0.1) is 0 Å². The molecule has 0 aromatic carbocycles. The predicted octanol–water partition coefficient (Wildman–Crippen LogP) is 4.89. The lowest BCUT2D eigenvalue weighted by molar-refractivity contribution is 0.600. The molecular weight excluding hydrogens is 320 g/mol. The van der Waals surface area contributed by atoms with Crippen molar-refractivity contribution in [1.29, 1.82) is 0 Å². The van der Waals surface area contributed by atoms with E-state index in [-0.39, 0.29) is 0 Å². The van der Waals surface area contributed by atoms with Gasteiger partial charge in [-0.2, -0.15) is 0 Å². The van der Waals surface area contributed by atoms with Crippen LogP contribution in [0.4, 0.5) is 0 Å². The van der Waals surface area contributed by atoms with Crippen LogP contribution in [-0.4, -0.2) is 8.42 Å². The second kappa shape index (κ2) is 7.93.